The summed E-state index contributed by atoms with van der Waals surface area (Å²) in [7, 11) is 0. The lowest BCUT2D eigenvalue weighted by molar-refractivity contribution is 0.157. The smallest absolute Gasteiger partial charge is 0.127 e. The number of benzene rings is 1. The van der Waals surface area contributed by atoms with Crippen LogP contribution < -0.4 is 0 Å². The van der Waals surface area contributed by atoms with Crippen molar-refractivity contribution in [2.45, 2.75) is 51.6 Å². The highest BCUT2D eigenvalue weighted by Gasteiger charge is 2.19. The summed E-state index contributed by atoms with van der Waals surface area (Å²) < 4.78 is 13.3. The van der Waals surface area contributed by atoms with E-state index >= 15 is 0 Å². The lowest BCUT2D eigenvalue weighted by Gasteiger charge is -2.16. The largest absolute Gasteiger partial charge is 0.388 e. The predicted octanol–water partition coefficient (Wildman–Crippen LogP) is 4.79. The monoisotopic (exact) mass is 270 g/mol. The quantitative estimate of drug-likeness (QED) is 0.834. The number of rotatable bonds is 4. The van der Waals surface area contributed by atoms with Gasteiger partial charge in [-0.3, -0.25) is 0 Å². The summed E-state index contributed by atoms with van der Waals surface area (Å²) >= 11 is 5.99. The predicted molar refractivity (Wildman–Crippen MR) is 72.3 cm³/mol. The first-order valence-electron chi connectivity index (χ1n) is 6.71. The number of aryl methyl sites for hydroxylation is 1. The number of halogens is 2. The van der Waals surface area contributed by atoms with E-state index in [1.54, 1.807) is 13.0 Å². The van der Waals surface area contributed by atoms with Gasteiger partial charge in [-0.05, 0) is 48.9 Å². The van der Waals surface area contributed by atoms with Gasteiger partial charge in [0, 0.05) is 5.02 Å². The third-order valence-corrected chi connectivity index (χ3v) is 4.29. The Kier molecular flexibility index (Phi) is 4.63. The molecule has 0 radical (unpaired) electrons. The van der Waals surface area contributed by atoms with Gasteiger partial charge in [-0.1, -0.05) is 37.3 Å². The molecule has 1 fully saturated rings. The van der Waals surface area contributed by atoms with Crippen molar-refractivity contribution in [2.75, 3.05) is 0 Å². The molecule has 1 aromatic carbocycles. The molecule has 0 saturated heterocycles. The van der Waals surface area contributed by atoms with Crippen molar-refractivity contribution in [1.29, 1.82) is 0 Å². The minimum Gasteiger partial charge on any atom is -0.388 e. The van der Waals surface area contributed by atoms with Crippen LogP contribution in [0.1, 0.15) is 55.8 Å². The molecule has 0 aromatic heterocycles. The third kappa shape index (κ3) is 3.24. The average molecular weight is 271 g/mol. The standard InChI is InChI=1S/C15H20ClFO/c1-10-8-12(13(16)9-14(10)17)15(18)7-6-11-4-2-3-5-11/h8-9,11,15,18H,2-7H2,1H3. The summed E-state index contributed by atoms with van der Waals surface area (Å²) in [6, 6.07) is 2.96. The van der Waals surface area contributed by atoms with Gasteiger partial charge in [0.25, 0.3) is 0 Å². The van der Waals surface area contributed by atoms with Gasteiger partial charge in [0.2, 0.25) is 0 Å². The lowest BCUT2D eigenvalue weighted by Crippen LogP contribution is -2.03. The molecule has 0 bridgehead atoms. The average Bonchev–Trinajstić information content (AvgIpc) is 2.84. The number of aliphatic hydroxyl groups is 1. The van der Waals surface area contributed by atoms with Crippen LogP contribution in [-0.4, -0.2) is 5.11 Å². The lowest BCUT2D eigenvalue weighted by atomic mass is 9.96. The molecule has 1 saturated carbocycles. The summed E-state index contributed by atoms with van der Waals surface area (Å²) in [5.74, 6) is 0.437. The zero-order chi connectivity index (χ0) is 13.1. The Balaban J connectivity index is 1.99. The first-order chi connectivity index (χ1) is 8.58. The molecule has 0 aliphatic heterocycles. The number of hydrogen-bond acceptors (Lipinski definition) is 1. The zero-order valence-corrected chi connectivity index (χ0v) is 11.5. The Bertz CT molecular complexity index is 413. The van der Waals surface area contributed by atoms with Crippen LogP contribution in [0.25, 0.3) is 0 Å². The van der Waals surface area contributed by atoms with E-state index in [-0.39, 0.29) is 5.82 Å². The van der Waals surface area contributed by atoms with Gasteiger partial charge < -0.3 is 5.11 Å². The maximum absolute atomic E-state index is 13.3. The molecule has 1 unspecified atom stereocenters. The Morgan fingerprint density at radius 2 is 2.06 bits per heavy atom. The van der Waals surface area contributed by atoms with Gasteiger partial charge in [0.1, 0.15) is 5.82 Å². The van der Waals surface area contributed by atoms with Crippen LogP contribution in [0.2, 0.25) is 5.02 Å². The maximum Gasteiger partial charge on any atom is 0.127 e. The van der Waals surface area contributed by atoms with Gasteiger partial charge >= 0.3 is 0 Å². The fraction of sp³-hybridized carbons (Fsp3) is 0.600. The number of hydrogen-bond donors (Lipinski definition) is 1. The summed E-state index contributed by atoms with van der Waals surface area (Å²) in [5.41, 5.74) is 1.20. The van der Waals surface area contributed by atoms with Crippen molar-refractivity contribution in [3.05, 3.63) is 34.1 Å². The summed E-state index contributed by atoms with van der Waals surface area (Å²) in [5, 5.41) is 10.5. The molecule has 1 nitrogen and oxygen atoms in total. The second kappa shape index (κ2) is 6.03. The molecular formula is C15H20ClFO. The summed E-state index contributed by atoms with van der Waals surface area (Å²) in [6.07, 6.45) is 6.38. The molecule has 2 rings (SSSR count). The molecule has 1 atom stereocenters. The van der Waals surface area contributed by atoms with Crippen LogP contribution >= 0.6 is 11.6 Å². The van der Waals surface area contributed by atoms with E-state index in [2.05, 4.69) is 0 Å². The van der Waals surface area contributed by atoms with Crippen molar-refractivity contribution in [1.82, 2.24) is 0 Å². The first-order valence-corrected chi connectivity index (χ1v) is 7.09. The Hall–Kier alpha value is -0.600. The molecular weight excluding hydrogens is 251 g/mol. The molecule has 0 heterocycles. The minimum absolute atomic E-state index is 0.313. The fourth-order valence-electron chi connectivity index (χ4n) is 2.78. The van der Waals surface area contributed by atoms with Gasteiger partial charge in [0.15, 0.2) is 0 Å². The molecule has 1 aromatic rings. The van der Waals surface area contributed by atoms with Crippen molar-refractivity contribution < 1.29 is 9.50 Å². The van der Waals surface area contributed by atoms with E-state index in [0.29, 0.717) is 16.1 Å². The highest BCUT2D eigenvalue weighted by molar-refractivity contribution is 6.31. The van der Waals surface area contributed by atoms with Crippen LogP contribution in [0, 0.1) is 18.7 Å². The van der Waals surface area contributed by atoms with E-state index in [1.165, 1.54) is 31.7 Å². The molecule has 18 heavy (non-hydrogen) atoms. The Morgan fingerprint density at radius 1 is 1.39 bits per heavy atom. The van der Waals surface area contributed by atoms with Gasteiger partial charge in [-0.2, -0.15) is 0 Å². The molecule has 1 aliphatic rings. The third-order valence-electron chi connectivity index (χ3n) is 3.96. The van der Waals surface area contributed by atoms with Gasteiger partial charge in [0.05, 0.1) is 6.10 Å². The van der Waals surface area contributed by atoms with Crippen molar-refractivity contribution in [2.24, 2.45) is 5.92 Å². The molecule has 3 heteroatoms. The molecule has 0 amide bonds. The van der Waals surface area contributed by atoms with Crippen molar-refractivity contribution in [3.63, 3.8) is 0 Å². The fourth-order valence-corrected chi connectivity index (χ4v) is 3.06. The zero-order valence-electron chi connectivity index (χ0n) is 10.8. The second-order valence-corrected chi connectivity index (χ2v) is 5.77. The Morgan fingerprint density at radius 3 is 2.72 bits per heavy atom. The highest BCUT2D eigenvalue weighted by atomic mass is 35.5. The van der Waals surface area contributed by atoms with Gasteiger partial charge in [-0.15, -0.1) is 0 Å². The van der Waals surface area contributed by atoms with E-state index < -0.39 is 6.10 Å². The highest BCUT2D eigenvalue weighted by Crippen LogP contribution is 2.33. The van der Waals surface area contributed by atoms with E-state index in [1.807, 2.05) is 0 Å². The topological polar surface area (TPSA) is 20.2 Å². The number of aliphatic hydroxyl groups excluding tert-OH is 1. The molecule has 0 spiro atoms. The SMILES string of the molecule is Cc1cc(C(O)CCC2CCCC2)c(Cl)cc1F. The van der Waals surface area contributed by atoms with Crippen LogP contribution in [0.3, 0.4) is 0 Å². The summed E-state index contributed by atoms with van der Waals surface area (Å²) in [4.78, 5) is 0. The van der Waals surface area contributed by atoms with Crippen LogP contribution in [0.15, 0.2) is 12.1 Å². The minimum atomic E-state index is -0.572. The molecule has 1 aliphatic carbocycles. The van der Waals surface area contributed by atoms with Crippen molar-refractivity contribution in [3.8, 4) is 0 Å². The van der Waals surface area contributed by atoms with Crippen LogP contribution in [0.4, 0.5) is 4.39 Å². The van der Waals surface area contributed by atoms with Crippen LogP contribution in [0.5, 0.6) is 0 Å². The second-order valence-electron chi connectivity index (χ2n) is 5.37. The van der Waals surface area contributed by atoms with Gasteiger partial charge in [-0.25, -0.2) is 4.39 Å². The Labute approximate surface area is 113 Å². The molecule has 1 N–H and O–H groups in total. The summed E-state index contributed by atoms with van der Waals surface area (Å²) in [6.45, 7) is 1.69. The van der Waals surface area contributed by atoms with E-state index in [4.69, 9.17) is 11.6 Å². The maximum atomic E-state index is 13.3. The normalized spacial score (nSPS) is 18.2. The van der Waals surface area contributed by atoms with E-state index in [9.17, 15) is 9.50 Å². The van der Waals surface area contributed by atoms with E-state index in [0.717, 1.165) is 18.8 Å². The molecule has 100 valence electrons. The van der Waals surface area contributed by atoms with Crippen molar-refractivity contribution >= 4 is 11.6 Å². The van der Waals surface area contributed by atoms with Crippen LogP contribution in [-0.2, 0) is 0 Å². The first kappa shape index (κ1) is 13.8.